The van der Waals surface area contributed by atoms with Crippen molar-refractivity contribution in [3.63, 3.8) is 0 Å². The first kappa shape index (κ1) is 13.6. The summed E-state index contributed by atoms with van der Waals surface area (Å²) in [6.07, 6.45) is 3.58. The molecule has 2 nitrogen and oxygen atoms in total. The topological polar surface area (TPSA) is 21.6 Å². The van der Waals surface area contributed by atoms with Crippen LogP contribution in [0.1, 0.15) is 45.6 Å². The van der Waals surface area contributed by atoms with E-state index in [1.54, 1.807) is 12.1 Å². The minimum atomic E-state index is -0.220. The third-order valence-electron chi connectivity index (χ3n) is 5.83. The zero-order chi connectivity index (χ0) is 14.4. The third-order valence-corrected chi connectivity index (χ3v) is 5.83. The molecule has 2 saturated carbocycles. The van der Waals surface area contributed by atoms with E-state index in [2.05, 4.69) is 25.9 Å². The van der Waals surface area contributed by atoms with Crippen molar-refractivity contribution in [2.75, 3.05) is 0 Å². The molecule has 1 aromatic carbocycles. The molecule has 0 radical (unpaired) electrons. The van der Waals surface area contributed by atoms with Gasteiger partial charge in [0.15, 0.2) is 0 Å². The first-order valence-electron chi connectivity index (χ1n) is 7.37. The minimum absolute atomic E-state index is 0.181. The summed E-state index contributed by atoms with van der Waals surface area (Å²) in [5, 5.41) is 4.41. The molecular formula is C17H22FNO. The average Bonchev–Trinajstić information content (AvgIpc) is 2.74. The van der Waals surface area contributed by atoms with E-state index in [1.165, 1.54) is 30.7 Å². The van der Waals surface area contributed by atoms with E-state index in [-0.39, 0.29) is 11.2 Å². The van der Waals surface area contributed by atoms with Crippen molar-refractivity contribution in [3.8, 4) is 0 Å². The number of rotatable bonds is 3. The Labute approximate surface area is 120 Å². The first-order valence-corrected chi connectivity index (χ1v) is 7.37. The largest absolute Gasteiger partial charge is 0.391 e. The first-order chi connectivity index (χ1) is 9.43. The van der Waals surface area contributed by atoms with E-state index in [1.807, 2.05) is 0 Å². The molecule has 2 aliphatic rings. The molecule has 2 fully saturated rings. The number of hydrogen-bond donors (Lipinski definition) is 0. The highest BCUT2D eigenvalue weighted by atomic mass is 19.1. The number of oxime groups is 1. The Balaban J connectivity index is 1.68. The number of fused-ring (bicyclic) bond motifs is 2. The second-order valence-corrected chi connectivity index (χ2v) is 6.93. The maximum atomic E-state index is 12.8. The highest BCUT2D eigenvalue weighted by Gasteiger charge is 2.60. The van der Waals surface area contributed by atoms with Crippen molar-refractivity contribution in [2.45, 2.75) is 46.6 Å². The van der Waals surface area contributed by atoms with Crippen LogP contribution in [0.25, 0.3) is 0 Å². The number of halogens is 1. The molecule has 20 heavy (non-hydrogen) atoms. The summed E-state index contributed by atoms with van der Waals surface area (Å²) in [5.41, 5.74) is 2.66. The van der Waals surface area contributed by atoms with Crippen LogP contribution in [-0.4, -0.2) is 5.71 Å². The van der Waals surface area contributed by atoms with Gasteiger partial charge < -0.3 is 4.84 Å². The van der Waals surface area contributed by atoms with Crippen LogP contribution in [0, 0.1) is 22.6 Å². The Bertz CT molecular complexity index is 534. The molecule has 0 saturated heterocycles. The van der Waals surface area contributed by atoms with Gasteiger partial charge >= 0.3 is 0 Å². The van der Waals surface area contributed by atoms with Crippen LogP contribution in [0.3, 0.4) is 0 Å². The van der Waals surface area contributed by atoms with Gasteiger partial charge in [0.1, 0.15) is 12.4 Å². The molecule has 108 valence electrons. The van der Waals surface area contributed by atoms with E-state index in [4.69, 9.17) is 4.84 Å². The monoisotopic (exact) mass is 275 g/mol. The van der Waals surface area contributed by atoms with E-state index >= 15 is 0 Å². The van der Waals surface area contributed by atoms with Crippen molar-refractivity contribution >= 4 is 5.71 Å². The molecule has 3 rings (SSSR count). The van der Waals surface area contributed by atoms with Crippen LogP contribution in [0.2, 0.25) is 0 Å². The summed E-state index contributed by atoms with van der Waals surface area (Å²) in [4.78, 5) is 5.52. The summed E-state index contributed by atoms with van der Waals surface area (Å²) in [6.45, 7) is 7.44. The fourth-order valence-electron chi connectivity index (χ4n) is 3.83. The molecule has 2 unspecified atom stereocenters. The summed E-state index contributed by atoms with van der Waals surface area (Å²) >= 11 is 0. The zero-order valence-corrected chi connectivity index (χ0v) is 12.4. The molecule has 2 atom stereocenters. The Kier molecular flexibility index (Phi) is 3.11. The van der Waals surface area contributed by atoms with Crippen molar-refractivity contribution in [1.29, 1.82) is 0 Å². The van der Waals surface area contributed by atoms with Gasteiger partial charge in [-0.1, -0.05) is 38.1 Å². The smallest absolute Gasteiger partial charge is 0.142 e. The molecule has 0 spiro atoms. The minimum Gasteiger partial charge on any atom is -0.391 e. The summed E-state index contributed by atoms with van der Waals surface area (Å²) in [7, 11) is 0. The molecule has 0 aromatic heterocycles. The molecule has 2 bridgehead atoms. The highest BCUT2D eigenvalue weighted by molar-refractivity contribution is 5.93. The maximum absolute atomic E-state index is 12.8. The van der Waals surface area contributed by atoms with Crippen molar-refractivity contribution in [2.24, 2.45) is 21.9 Å². The average molecular weight is 275 g/mol. The molecule has 3 heteroatoms. The van der Waals surface area contributed by atoms with Crippen molar-refractivity contribution in [1.82, 2.24) is 0 Å². The molecule has 0 heterocycles. The number of benzene rings is 1. The lowest BCUT2D eigenvalue weighted by Gasteiger charge is -2.34. The van der Waals surface area contributed by atoms with E-state index in [0.29, 0.717) is 12.0 Å². The van der Waals surface area contributed by atoms with E-state index < -0.39 is 0 Å². The Morgan fingerprint density at radius 3 is 2.50 bits per heavy atom. The van der Waals surface area contributed by atoms with Gasteiger partial charge in [0, 0.05) is 5.41 Å². The normalized spacial score (nSPS) is 32.8. The Morgan fingerprint density at radius 1 is 1.25 bits per heavy atom. The van der Waals surface area contributed by atoms with Crippen LogP contribution in [0.5, 0.6) is 0 Å². The summed E-state index contributed by atoms with van der Waals surface area (Å²) in [6, 6.07) is 6.38. The van der Waals surface area contributed by atoms with E-state index in [9.17, 15) is 4.39 Å². The van der Waals surface area contributed by atoms with Gasteiger partial charge in [0.25, 0.3) is 0 Å². The molecule has 0 N–H and O–H groups in total. The fourth-order valence-corrected chi connectivity index (χ4v) is 3.83. The van der Waals surface area contributed by atoms with Crippen LogP contribution in [0.15, 0.2) is 29.4 Å². The highest BCUT2D eigenvalue weighted by Crippen LogP contribution is 2.63. The predicted octanol–water partition coefficient (Wildman–Crippen LogP) is 4.54. The quantitative estimate of drug-likeness (QED) is 0.742. The maximum Gasteiger partial charge on any atom is 0.142 e. The lowest BCUT2D eigenvalue weighted by molar-refractivity contribution is 0.123. The van der Waals surface area contributed by atoms with Crippen LogP contribution in [-0.2, 0) is 11.4 Å². The van der Waals surface area contributed by atoms with Gasteiger partial charge in [0.2, 0.25) is 0 Å². The van der Waals surface area contributed by atoms with Crippen LogP contribution >= 0.6 is 0 Å². The summed E-state index contributed by atoms with van der Waals surface area (Å²) in [5.74, 6) is 0.517. The van der Waals surface area contributed by atoms with Crippen LogP contribution in [0.4, 0.5) is 4.39 Å². The molecule has 2 aliphatic carbocycles. The van der Waals surface area contributed by atoms with Gasteiger partial charge in [-0.25, -0.2) is 4.39 Å². The van der Waals surface area contributed by atoms with Crippen molar-refractivity contribution in [3.05, 3.63) is 35.6 Å². The fraction of sp³-hybridized carbons (Fsp3) is 0.588. The van der Waals surface area contributed by atoms with Gasteiger partial charge in [-0.2, -0.15) is 0 Å². The second-order valence-electron chi connectivity index (χ2n) is 6.93. The SMILES string of the molecule is CC12CCC(C/C1=N\OCc1ccc(F)cc1)C2(C)C. The van der Waals surface area contributed by atoms with Gasteiger partial charge in [-0.15, -0.1) is 0 Å². The van der Waals surface area contributed by atoms with Gasteiger partial charge in [0.05, 0.1) is 5.71 Å². The Morgan fingerprint density at radius 2 is 1.95 bits per heavy atom. The predicted molar refractivity (Wildman–Crippen MR) is 77.9 cm³/mol. The molecule has 0 aliphatic heterocycles. The lowest BCUT2D eigenvalue weighted by atomic mass is 9.70. The number of nitrogens with zero attached hydrogens (tertiary/aromatic N) is 1. The third kappa shape index (κ3) is 1.95. The molecular weight excluding hydrogens is 253 g/mol. The van der Waals surface area contributed by atoms with Gasteiger partial charge in [-0.3, -0.25) is 0 Å². The Hall–Kier alpha value is -1.38. The summed E-state index contributed by atoms with van der Waals surface area (Å²) < 4.78 is 12.8. The van der Waals surface area contributed by atoms with Gasteiger partial charge in [-0.05, 0) is 48.3 Å². The zero-order valence-electron chi connectivity index (χ0n) is 12.4. The van der Waals surface area contributed by atoms with Crippen molar-refractivity contribution < 1.29 is 9.23 Å². The molecule has 1 aromatic rings. The standard InChI is InChI=1S/C17H22FNO/c1-16(2)13-8-9-17(16,3)15(10-13)19-20-11-12-4-6-14(18)7-5-12/h4-7,13H,8-11H2,1-3H3/b19-15+. The van der Waals surface area contributed by atoms with Crippen LogP contribution < -0.4 is 0 Å². The van der Waals surface area contributed by atoms with E-state index in [0.717, 1.165) is 17.9 Å². The number of hydrogen-bond acceptors (Lipinski definition) is 2. The molecule has 0 amide bonds. The lowest BCUT2D eigenvalue weighted by Crippen LogP contribution is -2.32. The second kappa shape index (κ2) is 4.57.